The molecule has 1 aromatic rings. The SMILES string of the molecule is C=CC(C)NCc1ccc(CC)cc1. The molecule has 0 heterocycles. The van der Waals surface area contributed by atoms with E-state index in [9.17, 15) is 0 Å². The molecule has 76 valence electrons. The van der Waals surface area contributed by atoms with E-state index < -0.39 is 0 Å². The molecule has 0 saturated carbocycles. The molecule has 14 heavy (non-hydrogen) atoms. The number of benzene rings is 1. The minimum Gasteiger partial charge on any atom is -0.307 e. The molecular weight excluding hydrogens is 170 g/mol. The van der Waals surface area contributed by atoms with Crippen LogP contribution in [0.1, 0.15) is 25.0 Å². The Hall–Kier alpha value is -1.08. The van der Waals surface area contributed by atoms with Crippen molar-refractivity contribution in [3.8, 4) is 0 Å². The van der Waals surface area contributed by atoms with Gasteiger partial charge in [0.15, 0.2) is 0 Å². The van der Waals surface area contributed by atoms with Crippen LogP contribution >= 0.6 is 0 Å². The third-order valence-corrected chi connectivity index (χ3v) is 2.41. The number of rotatable bonds is 5. The van der Waals surface area contributed by atoms with Gasteiger partial charge in [-0.3, -0.25) is 0 Å². The van der Waals surface area contributed by atoms with Gasteiger partial charge < -0.3 is 5.32 Å². The van der Waals surface area contributed by atoms with E-state index in [2.05, 4.69) is 50.0 Å². The highest BCUT2D eigenvalue weighted by atomic mass is 14.9. The van der Waals surface area contributed by atoms with Crippen molar-refractivity contribution in [2.75, 3.05) is 0 Å². The molecule has 1 unspecified atom stereocenters. The lowest BCUT2D eigenvalue weighted by atomic mass is 10.1. The van der Waals surface area contributed by atoms with Crippen LogP contribution in [0.2, 0.25) is 0 Å². The monoisotopic (exact) mass is 189 g/mol. The van der Waals surface area contributed by atoms with Crippen LogP contribution in [0, 0.1) is 0 Å². The molecule has 0 aliphatic heterocycles. The van der Waals surface area contributed by atoms with E-state index in [0.717, 1.165) is 13.0 Å². The molecule has 1 N–H and O–H groups in total. The molecule has 1 rings (SSSR count). The molecule has 0 bridgehead atoms. The number of aryl methyl sites for hydroxylation is 1. The maximum absolute atomic E-state index is 3.74. The second kappa shape index (κ2) is 5.61. The molecule has 0 aliphatic rings. The van der Waals surface area contributed by atoms with Gasteiger partial charge in [-0.2, -0.15) is 0 Å². The maximum Gasteiger partial charge on any atom is 0.0222 e. The van der Waals surface area contributed by atoms with E-state index in [1.54, 1.807) is 0 Å². The third-order valence-electron chi connectivity index (χ3n) is 2.41. The Morgan fingerprint density at radius 1 is 1.29 bits per heavy atom. The van der Waals surface area contributed by atoms with Crippen molar-refractivity contribution in [1.29, 1.82) is 0 Å². The lowest BCUT2D eigenvalue weighted by molar-refractivity contribution is 0.634. The molecule has 1 atom stereocenters. The van der Waals surface area contributed by atoms with Crippen molar-refractivity contribution in [2.24, 2.45) is 0 Å². The van der Waals surface area contributed by atoms with Gasteiger partial charge in [-0.1, -0.05) is 37.3 Å². The topological polar surface area (TPSA) is 12.0 Å². The van der Waals surface area contributed by atoms with E-state index in [4.69, 9.17) is 0 Å². The van der Waals surface area contributed by atoms with Gasteiger partial charge in [-0.05, 0) is 24.5 Å². The summed E-state index contributed by atoms with van der Waals surface area (Å²) in [6.07, 6.45) is 3.02. The Bertz CT molecular complexity index is 274. The van der Waals surface area contributed by atoms with Crippen LogP contribution in [0.5, 0.6) is 0 Å². The summed E-state index contributed by atoms with van der Waals surface area (Å²) in [5, 5.41) is 3.37. The van der Waals surface area contributed by atoms with Gasteiger partial charge in [0.1, 0.15) is 0 Å². The molecule has 1 heteroatoms. The van der Waals surface area contributed by atoms with E-state index in [-0.39, 0.29) is 0 Å². The molecule has 0 amide bonds. The Morgan fingerprint density at radius 2 is 1.86 bits per heavy atom. The van der Waals surface area contributed by atoms with E-state index in [1.807, 2.05) is 6.08 Å². The van der Waals surface area contributed by atoms with E-state index in [0.29, 0.717) is 6.04 Å². The highest BCUT2D eigenvalue weighted by molar-refractivity contribution is 5.22. The highest BCUT2D eigenvalue weighted by Crippen LogP contribution is 2.04. The van der Waals surface area contributed by atoms with Crippen molar-refractivity contribution >= 4 is 0 Å². The summed E-state index contributed by atoms with van der Waals surface area (Å²) in [5.41, 5.74) is 2.72. The van der Waals surface area contributed by atoms with Gasteiger partial charge in [0.05, 0.1) is 0 Å². The summed E-state index contributed by atoms with van der Waals surface area (Å²) >= 11 is 0. The average molecular weight is 189 g/mol. The maximum atomic E-state index is 3.74. The summed E-state index contributed by atoms with van der Waals surface area (Å²) < 4.78 is 0. The average Bonchev–Trinajstić information content (AvgIpc) is 2.26. The molecule has 1 nitrogen and oxygen atoms in total. The van der Waals surface area contributed by atoms with Crippen molar-refractivity contribution in [3.63, 3.8) is 0 Å². The lowest BCUT2D eigenvalue weighted by Crippen LogP contribution is -2.22. The second-order valence-electron chi connectivity index (χ2n) is 3.58. The predicted octanol–water partition coefficient (Wildman–Crippen LogP) is 2.91. The first-order valence-electron chi connectivity index (χ1n) is 5.20. The van der Waals surface area contributed by atoms with Crippen LogP contribution < -0.4 is 5.32 Å². The summed E-state index contributed by atoms with van der Waals surface area (Å²) in [6.45, 7) is 8.93. The molecule has 0 spiro atoms. The van der Waals surface area contributed by atoms with E-state index in [1.165, 1.54) is 11.1 Å². The van der Waals surface area contributed by atoms with Gasteiger partial charge in [-0.15, -0.1) is 6.58 Å². The first kappa shape index (κ1) is 11.0. The molecule has 1 aromatic carbocycles. The summed E-state index contributed by atoms with van der Waals surface area (Å²) in [5.74, 6) is 0. The zero-order valence-corrected chi connectivity index (χ0v) is 9.09. The molecule has 0 saturated heterocycles. The van der Waals surface area contributed by atoms with Gasteiger partial charge in [-0.25, -0.2) is 0 Å². The molecule has 0 fully saturated rings. The summed E-state index contributed by atoms with van der Waals surface area (Å²) in [4.78, 5) is 0. The van der Waals surface area contributed by atoms with Crippen molar-refractivity contribution in [2.45, 2.75) is 32.9 Å². The van der Waals surface area contributed by atoms with Gasteiger partial charge in [0.25, 0.3) is 0 Å². The fourth-order valence-electron chi connectivity index (χ4n) is 1.25. The third kappa shape index (κ3) is 3.35. The minimum atomic E-state index is 0.376. The first-order valence-corrected chi connectivity index (χ1v) is 5.20. The normalized spacial score (nSPS) is 12.4. The van der Waals surface area contributed by atoms with Crippen LogP contribution in [0.4, 0.5) is 0 Å². The summed E-state index contributed by atoms with van der Waals surface area (Å²) in [6, 6.07) is 9.12. The van der Waals surface area contributed by atoms with Crippen LogP contribution in [0.25, 0.3) is 0 Å². The zero-order valence-electron chi connectivity index (χ0n) is 9.09. The largest absolute Gasteiger partial charge is 0.307 e. The minimum absolute atomic E-state index is 0.376. The molecule has 0 aliphatic carbocycles. The van der Waals surface area contributed by atoms with Crippen LogP contribution in [-0.2, 0) is 13.0 Å². The van der Waals surface area contributed by atoms with Crippen molar-refractivity contribution in [1.82, 2.24) is 5.32 Å². The lowest BCUT2D eigenvalue weighted by Gasteiger charge is -2.09. The van der Waals surface area contributed by atoms with E-state index >= 15 is 0 Å². The van der Waals surface area contributed by atoms with Gasteiger partial charge >= 0.3 is 0 Å². The molecule has 0 aromatic heterocycles. The second-order valence-corrected chi connectivity index (χ2v) is 3.58. The Morgan fingerprint density at radius 3 is 2.36 bits per heavy atom. The van der Waals surface area contributed by atoms with Crippen molar-refractivity contribution < 1.29 is 0 Å². The van der Waals surface area contributed by atoms with Crippen LogP contribution in [-0.4, -0.2) is 6.04 Å². The Kier molecular flexibility index (Phi) is 4.41. The molecular formula is C13H19N. The predicted molar refractivity (Wildman–Crippen MR) is 62.3 cm³/mol. The van der Waals surface area contributed by atoms with Crippen molar-refractivity contribution in [3.05, 3.63) is 48.0 Å². The fraction of sp³-hybridized carbons (Fsp3) is 0.385. The van der Waals surface area contributed by atoms with Crippen LogP contribution in [0.15, 0.2) is 36.9 Å². The number of hydrogen-bond donors (Lipinski definition) is 1. The number of nitrogens with one attached hydrogen (secondary N) is 1. The quantitative estimate of drug-likeness (QED) is 0.702. The van der Waals surface area contributed by atoms with Gasteiger partial charge in [0, 0.05) is 12.6 Å². The Labute approximate surface area is 86.8 Å². The Balaban J connectivity index is 2.47. The first-order chi connectivity index (χ1) is 6.76. The zero-order chi connectivity index (χ0) is 10.4. The standard InChI is InChI=1S/C13H19N/c1-4-11(3)14-10-13-8-6-12(5-2)7-9-13/h4,6-9,11,14H,1,5,10H2,2-3H3. The molecule has 0 radical (unpaired) electrons. The van der Waals surface area contributed by atoms with Gasteiger partial charge in [0.2, 0.25) is 0 Å². The number of hydrogen-bond acceptors (Lipinski definition) is 1. The van der Waals surface area contributed by atoms with Crippen LogP contribution in [0.3, 0.4) is 0 Å². The smallest absolute Gasteiger partial charge is 0.0222 e. The fourth-order valence-corrected chi connectivity index (χ4v) is 1.25. The summed E-state index contributed by atoms with van der Waals surface area (Å²) in [7, 11) is 0. The highest BCUT2D eigenvalue weighted by Gasteiger charge is 1.96.